The van der Waals surface area contributed by atoms with E-state index >= 15 is 0 Å². The fourth-order valence-electron chi connectivity index (χ4n) is 2.72. The Kier molecular flexibility index (Phi) is 6.06. The standard InChI is InChI=1S/C16H25N3S/c1-18-9-5-14(6-10-18)12-19(2)13-16-15(4-3-8-17)7-11-20-16/h7,11,14H,5-6,8-10,12-13,17H2,1-2H3. The maximum Gasteiger partial charge on any atom is 0.0555 e. The zero-order chi connectivity index (χ0) is 14.4. The van der Waals surface area contributed by atoms with E-state index in [9.17, 15) is 0 Å². The summed E-state index contributed by atoms with van der Waals surface area (Å²) in [6, 6.07) is 2.10. The Morgan fingerprint density at radius 1 is 1.45 bits per heavy atom. The number of nitrogens with zero attached hydrogens (tertiary/aromatic N) is 2. The van der Waals surface area contributed by atoms with Gasteiger partial charge in [-0.25, -0.2) is 0 Å². The lowest BCUT2D eigenvalue weighted by molar-refractivity contribution is 0.174. The van der Waals surface area contributed by atoms with Crippen LogP contribution in [0, 0.1) is 17.8 Å². The number of piperidine rings is 1. The van der Waals surface area contributed by atoms with Crippen molar-refractivity contribution in [1.82, 2.24) is 9.80 Å². The molecule has 2 rings (SSSR count). The van der Waals surface area contributed by atoms with Gasteiger partial charge in [-0.3, -0.25) is 0 Å². The fourth-order valence-corrected chi connectivity index (χ4v) is 3.63. The molecular weight excluding hydrogens is 266 g/mol. The van der Waals surface area contributed by atoms with Gasteiger partial charge in [0.05, 0.1) is 6.54 Å². The van der Waals surface area contributed by atoms with E-state index < -0.39 is 0 Å². The van der Waals surface area contributed by atoms with Gasteiger partial charge in [-0.05, 0) is 57.4 Å². The van der Waals surface area contributed by atoms with Gasteiger partial charge in [0.15, 0.2) is 0 Å². The zero-order valence-electron chi connectivity index (χ0n) is 12.6. The Balaban J connectivity index is 1.85. The second-order valence-corrected chi connectivity index (χ2v) is 6.71. The van der Waals surface area contributed by atoms with Crippen molar-refractivity contribution in [1.29, 1.82) is 0 Å². The molecule has 0 radical (unpaired) electrons. The molecule has 0 unspecified atom stereocenters. The third kappa shape index (κ3) is 4.60. The van der Waals surface area contributed by atoms with E-state index in [2.05, 4.69) is 47.2 Å². The summed E-state index contributed by atoms with van der Waals surface area (Å²) in [7, 11) is 4.44. The highest BCUT2D eigenvalue weighted by Crippen LogP contribution is 2.21. The predicted octanol–water partition coefficient (Wildman–Crippen LogP) is 1.83. The van der Waals surface area contributed by atoms with Crippen LogP contribution >= 0.6 is 11.3 Å². The molecule has 2 heterocycles. The first kappa shape index (κ1) is 15.5. The number of rotatable bonds is 4. The maximum absolute atomic E-state index is 5.45. The molecule has 1 aromatic rings. The van der Waals surface area contributed by atoms with Crippen LogP contribution in [0.3, 0.4) is 0 Å². The Hall–Kier alpha value is -0.860. The highest BCUT2D eigenvalue weighted by atomic mass is 32.1. The van der Waals surface area contributed by atoms with Gasteiger partial charge in [-0.1, -0.05) is 11.8 Å². The second kappa shape index (κ2) is 7.80. The summed E-state index contributed by atoms with van der Waals surface area (Å²) >= 11 is 1.80. The topological polar surface area (TPSA) is 32.5 Å². The summed E-state index contributed by atoms with van der Waals surface area (Å²) in [4.78, 5) is 6.23. The third-order valence-electron chi connectivity index (χ3n) is 3.89. The molecule has 3 nitrogen and oxygen atoms in total. The smallest absolute Gasteiger partial charge is 0.0555 e. The summed E-state index contributed by atoms with van der Waals surface area (Å²) < 4.78 is 0. The molecule has 1 aliphatic rings. The van der Waals surface area contributed by atoms with Crippen molar-refractivity contribution in [2.75, 3.05) is 40.3 Å². The molecule has 1 aliphatic heterocycles. The molecule has 0 bridgehead atoms. The monoisotopic (exact) mass is 291 g/mol. The highest BCUT2D eigenvalue weighted by Gasteiger charge is 2.18. The molecule has 1 saturated heterocycles. The van der Waals surface area contributed by atoms with E-state index in [1.807, 2.05) is 0 Å². The van der Waals surface area contributed by atoms with Crippen molar-refractivity contribution in [2.24, 2.45) is 11.7 Å². The summed E-state index contributed by atoms with van der Waals surface area (Å²) in [6.45, 7) is 5.10. The number of nitrogens with two attached hydrogens (primary N) is 1. The van der Waals surface area contributed by atoms with E-state index in [0.717, 1.165) is 18.0 Å². The molecule has 4 heteroatoms. The maximum atomic E-state index is 5.45. The molecule has 0 aliphatic carbocycles. The molecule has 0 saturated carbocycles. The van der Waals surface area contributed by atoms with Gasteiger partial charge < -0.3 is 15.5 Å². The lowest BCUT2D eigenvalue weighted by atomic mass is 9.96. The molecule has 1 aromatic heterocycles. The van der Waals surface area contributed by atoms with Gasteiger partial charge in [0, 0.05) is 23.5 Å². The molecule has 0 atom stereocenters. The number of hydrogen-bond acceptors (Lipinski definition) is 4. The Morgan fingerprint density at radius 2 is 2.20 bits per heavy atom. The molecule has 1 fully saturated rings. The van der Waals surface area contributed by atoms with E-state index in [1.54, 1.807) is 11.3 Å². The first-order valence-electron chi connectivity index (χ1n) is 7.31. The first-order valence-corrected chi connectivity index (χ1v) is 8.19. The van der Waals surface area contributed by atoms with E-state index in [4.69, 9.17) is 5.73 Å². The van der Waals surface area contributed by atoms with Gasteiger partial charge in [-0.2, -0.15) is 0 Å². The number of likely N-dealkylation sites (tertiary alicyclic amines) is 1. The second-order valence-electron chi connectivity index (χ2n) is 5.71. The average molecular weight is 291 g/mol. The van der Waals surface area contributed by atoms with Gasteiger partial charge in [0.1, 0.15) is 0 Å². The van der Waals surface area contributed by atoms with Crippen LogP contribution in [0.5, 0.6) is 0 Å². The fraction of sp³-hybridized carbons (Fsp3) is 0.625. The zero-order valence-corrected chi connectivity index (χ0v) is 13.4. The molecule has 0 amide bonds. The summed E-state index contributed by atoms with van der Waals surface area (Å²) in [5.41, 5.74) is 6.60. The number of hydrogen-bond donors (Lipinski definition) is 1. The van der Waals surface area contributed by atoms with Crippen molar-refractivity contribution in [3.63, 3.8) is 0 Å². The van der Waals surface area contributed by atoms with E-state index in [0.29, 0.717) is 6.54 Å². The Labute approximate surface area is 126 Å². The van der Waals surface area contributed by atoms with Crippen molar-refractivity contribution < 1.29 is 0 Å². The van der Waals surface area contributed by atoms with Crippen LogP contribution in [0.1, 0.15) is 23.3 Å². The van der Waals surface area contributed by atoms with Crippen LogP contribution < -0.4 is 5.73 Å². The first-order chi connectivity index (χ1) is 9.69. The molecule has 110 valence electrons. The van der Waals surface area contributed by atoms with Crippen molar-refractivity contribution >= 4 is 11.3 Å². The minimum Gasteiger partial charge on any atom is -0.320 e. The van der Waals surface area contributed by atoms with Crippen LogP contribution in [0.2, 0.25) is 0 Å². The normalized spacial score (nSPS) is 17.2. The summed E-state index contributed by atoms with van der Waals surface area (Å²) in [6.07, 6.45) is 2.65. The quantitative estimate of drug-likeness (QED) is 0.859. The number of thiophene rings is 1. The molecule has 2 N–H and O–H groups in total. The van der Waals surface area contributed by atoms with Crippen molar-refractivity contribution in [3.05, 3.63) is 21.9 Å². The third-order valence-corrected chi connectivity index (χ3v) is 4.80. The van der Waals surface area contributed by atoms with Crippen LogP contribution in [-0.4, -0.2) is 50.1 Å². The van der Waals surface area contributed by atoms with Crippen LogP contribution in [0.25, 0.3) is 0 Å². The van der Waals surface area contributed by atoms with E-state index in [-0.39, 0.29) is 0 Å². The van der Waals surface area contributed by atoms with Crippen LogP contribution in [0.4, 0.5) is 0 Å². The van der Waals surface area contributed by atoms with Crippen molar-refractivity contribution in [2.45, 2.75) is 19.4 Å². The molecular formula is C16H25N3S. The lowest BCUT2D eigenvalue weighted by Gasteiger charge is -2.31. The lowest BCUT2D eigenvalue weighted by Crippen LogP contribution is -2.35. The van der Waals surface area contributed by atoms with Crippen LogP contribution in [-0.2, 0) is 6.54 Å². The summed E-state index contributed by atoms with van der Waals surface area (Å²) in [5, 5.41) is 2.12. The Bertz CT molecular complexity index is 464. The van der Waals surface area contributed by atoms with Gasteiger partial charge in [0.2, 0.25) is 0 Å². The SMILES string of the molecule is CN1CCC(CN(C)Cc2sccc2C#CCN)CC1. The minimum absolute atomic E-state index is 0.431. The molecule has 0 spiro atoms. The largest absolute Gasteiger partial charge is 0.320 e. The average Bonchev–Trinajstić information content (AvgIpc) is 2.86. The van der Waals surface area contributed by atoms with Crippen molar-refractivity contribution in [3.8, 4) is 11.8 Å². The Morgan fingerprint density at radius 3 is 2.90 bits per heavy atom. The van der Waals surface area contributed by atoms with Gasteiger partial charge >= 0.3 is 0 Å². The van der Waals surface area contributed by atoms with Gasteiger partial charge in [-0.15, -0.1) is 11.3 Å². The minimum atomic E-state index is 0.431. The predicted molar refractivity (Wildman–Crippen MR) is 86.8 cm³/mol. The van der Waals surface area contributed by atoms with E-state index in [1.165, 1.54) is 37.4 Å². The van der Waals surface area contributed by atoms with Gasteiger partial charge in [0.25, 0.3) is 0 Å². The molecule has 0 aromatic carbocycles. The summed E-state index contributed by atoms with van der Waals surface area (Å²) in [5.74, 6) is 6.96. The highest BCUT2D eigenvalue weighted by molar-refractivity contribution is 7.10. The molecule has 20 heavy (non-hydrogen) atoms. The van der Waals surface area contributed by atoms with Crippen LogP contribution in [0.15, 0.2) is 11.4 Å².